The van der Waals surface area contributed by atoms with Gasteiger partial charge in [-0.1, -0.05) is 6.08 Å². The summed E-state index contributed by atoms with van der Waals surface area (Å²) in [6, 6.07) is 4.50. The summed E-state index contributed by atoms with van der Waals surface area (Å²) in [4.78, 5) is 10.9. The second-order valence-corrected chi connectivity index (χ2v) is 3.75. The van der Waals surface area contributed by atoms with Gasteiger partial charge in [0.1, 0.15) is 5.75 Å². The van der Waals surface area contributed by atoms with Gasteiger partial charge >= 0.3 is 5.97 Å². The number of rotatable bonds is 5. The molecule has 0 aromatic heterocycles. The van der Waals surface area contributed by atoms with Crippen LogP contribution >= 0.6 is 12.2 Å². The van der Waals surface area contributed by atoms with E-state index in [1.54, 1.807) is 12.1 Å². The quantitative estimate of drug-likeness (QED) is 0.558. The van der Waals surface area contributed by atoms with Crippen LogP contribution in [0.3, 0.4) is 0 Å². The molecule has 96 valence electrons. The van der Waals surface area contributed by atoms with Crippen molar-refractivity contribution >= 4 is 29.0 Å². The van der Waals surface area contributed by atoms with Gasteiger partial charge in [0.15, 0.2) is 5.11 Å². The second kappa shape index (κ2) is 6.61. The highest BCUT2D eigenvalue weighted by Gasteiger charge is 2.09. The van der Waals surface area contributed by atoms with Gasteiger partial charge in [-0.05, 0) is 30.4 Å². The van der Waals surface area contributed by atoms with Gasteiger partial charge in [-0.25, -0.2) is 4.79 Å². The fourth-order valence-electron chi connectivity index (χ4n) is 1.27. The van der Waals surface area contributed by atoms with Crippen LogP contribution in [-0.2, 0) is 0 Å². The highest BCUT2D eigenvalue weighted by molar-refractivity contribution is 7.80. The fourth-order valence-corrected chi connectivity index (χ4v) is 1.46. The van der Waals surface area contributed by atoms with E-state index < -0.39 is 5.97 Å². The minimum Gasteiger partial charge on any atom is -0.495 e. The van der Waals surface area contributed by atoms with Gasteiger partial charge in [0.2, 0.25) is 0 Å². The maximum atomic E-state index is 10.9. The first-order valence-electron chi connectivity index (χ1n) is 5.15. The third kappa shape index (κ3) is 3.74. The first-order valence-corrected chi connectivity index (χ1v) is 5.56. The molecule has 18 heavy (non-hydrogen) atoms. The number of thiocarbonyl (C=S) groups is 1. The van der Waals surface area contributed by atoms with Crippen LogP contribution in [0.2, 0.25) is 0 Å². The number of carboxylic acids is 1. The van der Waals surface area contributed by atoms with Crippen LogP contribution in [0.25, 0.3) is 0 Å². The maximum absolute atomic E-state index is 10.9. The monoisotopic (exact) mass is 266 g/mol. The van der Waals surface area contributed by atoms with Crippen molar-refractivity contribution in [2.24, 2.45) is 0 Å². The topological polar surface area (TPSA) is 70.6 Å². The highest BCUT2D eigenvalue weighted by atomic mass is 32.1. The summed E-state index contributed by atoms with van der Waals surface area (Å²) in [7, 11) is 1.50. The Hall–Kier alpha value is -2.08. The minimum atomic E-state index is -1.01. The standard InChI is InChI=1S/C12H14N2O3S/c1-3-6-13-12(18)14-9-7-8(11(15)16)4-5-10(9)17-2/h3-5,7H,1,6H2,2H3,(H,15,16)(H2,13,14,18). The fraction of sp³-hybridized carbons (Fsp3) is 0.167. The molecule has 0 radical (unpaired) electrons. The highest BCUT2D eigenvalue weighted by Crippen LogP contribution is 2.25. The average molecular weight is 266 g/mol. The van der Waals surface area contributed by atoms with E-state index in [-0.39, 0.29) is 5.56 Å². The summed E-state index contributed by atoms with van der Waals surface area (Å²) >= 11 is 5.04. The molecule has 0 amide bonds. The maximum Gasteiger partial charge on any atom is 0.335 e. The Bertz CT molecular complexity index is 474. The molecule has 0 aliphatic heterocycles. The third-order valence-electron chi connectivity index (χ3n) is 2.10. The molecule has 5 nitrogen and oxygen atoms in total. The number of hydrogen-bond acceptors (Lipinski definition) is 3. The zero-order chi connectivity index (χ0) is 13.5. The Morgan fingerprint density at radius 1 is 1.61 bits per heavy atom. The van der Waals surface area contributed by atoms with Crippen LogP contribution in [0, 0.1) is 0 Å². The zero-order valence-electron chi connectivity index (χ0n) is 9.90. The normalized spacial score (nSPS) is 9.39. The Morgan fingerprint density at radius 3 is 2.89 bits per heavy atom. The van der Waals surface area contributed by atoms with Crippen molar-refractivity contribution in [1.82, 2.24) is 5.32 Å². The zero-order valence-corrected chi connectivity index (χ0v) is 10.7. The van der Waals surface area contributed by atoms with Crippen LogP contribution < -0.4 is 15.4 Å². The van der Waals surface area contributed by atoms with E-state index in [1.165, 1.54) is 19.2 Å². The molecule has 1 aromatic rings. The number of ether oxygens (including phenoxy) is 1. The first-order chi connectivity index (χ1) is 8.58. The molecule has 0 atom stereocenters. The Balaban J connectivity index is 2.90. The lowest BCUT2D eigenvalue weighted by molar-refractivity contribution is 0.0697. The van der Waals surface area contributed by atoms with Crippen LogP contribution in [0.15, 0.2) is 30.9 Å². The number of methoxy groups -OCH3 is 1. The number of carbonyl (C=O) groups is 1. The predicted molar refractivity (Wildman–Crippen MR) is 74.4 cm³/mol. The molecule has 0 saturated carbocycles. The molecule has 6 heteroatoms. The number of hydrogen-bond donors (Lipinski definition) is 3. The SMILES string of the molecule is C=CCNC(=S)Nc1cc(C(=O)O)ccc1OC. The molecule has 0 fully saturated rings. The molecule has 0 saturated heterocycles. The van der Waals surface area contributed by atoms with Crippen molar-refractivity contribution in [1.29, 1.82) is 0 Å². The molecule has 1 rings (SSSR count). The van der Waals surface area contributed by atoms with Crippen LogP contribution in [0.5, 0.6) is 5.75 Å². The second-order valence-electron chi connectivity index (χ2n) is 3.34. The number of carboxylic acid groups (broad SMARTS) is 1. The van der Waals surface area contributed by atoms with Gasteiger partial charge in [0.25, 0.3) is 0 Å². The van der Waals surface area contributed by atoms with E-state index in [1.807, 2.05) is 0 Å². The van der Waals surface area contributed by atoms with Crippen LogP contribution in [0.1, 0.15) is 10.4 Å². The van der Waals surface area contributed by atoms with Gasteiger partial charge in [0.05, 0.1) is 18.4 Å². The van der Waals surface area contributed by atoms with E-state index in [9.17, 15) is 4.79 Å². The average Bonchev–Trinajstić information content (AvgIpc) is 2.36. The van der Waals surface area contributed by atoms with Crippen molar-refractivity contribution in [3.63, 3.8) is 0 Å². The summed E-state index contributed by atoms with van der Waals surface area (Å²) < 4.78 is 5.12. The van der Waals surface area contributed by atoms with Crippen molar-refractivity contribution < 1.29 is 14.6 Å². The molecule has 0 bridgehead atoms. The predicted octanol–water partition coefficient (Wildman–Crippen LogP) is 1.87. The lowest BCUT2D eigenvalue weighted by atomic mass is 10.2. The third-order valence-corrected chi connectivity index (χ3v) is 2.35. The van der Waals surface area contributed by atoms with E-state index in [2.05, 4.69) is 17.2 Å². The molecule has 0 unspecified atom stereocenters. The van der Waals surface area contributed by atoms with Crippen molar-refractivity contribution in [2.75, 3.05) is 19.0 Å². The van der Waals surface area contributed by atoms with Crippen molar-refractivity contribution in [2.45, 2.75) is 0 Å². The lowest BCUT2D eigenvalue weighted by Crippen LogP contribution is -2.28. The van der Waals surface area contributed by atoms with Gasteiger partial charge in [-0.3, -0.25) is 0 Å². The van der Waals surface area contributed by atoms with Gasteiger partial charge in [0, 0.05) is 6.54 Å². The van der Waals surface area contributed by atoms with E-state index in [0.29, 0.717) is 23.1 Å². The number of benzene rings is 1. The van der Waals surface area contributed by atoms with Gasteiger partial charge in [-0.2, -0.15) is 0 Å². The van der Waals surface area contributed by atoms with Crippen LogP contribution in [-0.4, -0.2) is 29.8 Å². The van der Waals surface area contributed by atoms with E-state index in [0.717, 1.165) is 0 Å². The van der Waals surface area contributed by atoms with E-state index >= 15 is 0 Å². The van der Waals surface area contributed by atoms with Crippen molar-refractivity contribution in [3.8, 4) is 5.75 Å². The Kier molecular flexibility index (Phi) is 5.13. The minimum absolute atomic E-state index is 0.157. The Morgan fingerprint density at radius 2 is 2.33 bits per heavy atom. The van der Waals surface area contributed by atoms with Gasteiger partial charge < -0.3 is 20.5 Å². The first kappa shape index (κ1) is 14.0. The van der Waals surface area contributed by atoms with E-state index in [4.69, 9.17) is 22.1 Å². The number of aromatic carboxylic acids is 1. The summed E-state index contributed by atoms with van der Waals surface area (Å²) in [5.41, 5.74) is 0.656. The molecule has 0 aliphatic carbocycles. The molecular weight excluding hydrogens is 252 g/mol. The smallest absolute Gasteiger partial charge is 0.335 e. The molecule has 1 aromatic carbocycles. The Labute approximate surface area is 110 Å². The largest absolute Gasteiger partial charge is 0.495 e. The number of anilines is 1. The summed E-state index contributed by atoms with van der Waals surface area (Å²) in [5.74, 6) is -0.492. The molecule has 0 aliphatic rings. The molecule has 0 heterocycles. The lowest BCUT2D eigenvalue weighted by Gasteiger charge is -2.13. The number of nitrogens with one attached hydrogen (secondary N) is 2. The summed E-state index contributed by atoms with van der Waals surface area (Å²) in [6.07, 6.45) is 1.67. The van der Waals surface area contributed by atoms with Crippen LogP contribution in [0.4, 0.5) is 5.69 Å². The molecule has 0 spiro atoms. The van der Waals surface area contributed by atoms with Crippen molar-refractivity contribution in [3.05, 3.63) is 36.4 Å². The molecule has 3 N–H and O–H groups in total. The summed E-state index contributed by atoms with van der Waals surface area (Å²) in [5, 5.41) is 15.0. The van der Waals surface area contributed by atoms with Gasteiger partial charge in [-0.15, -0.1) is 6.58 Å². The summed E-state index contributed by atoms with van der Waals surface area (Å²) in [6.45, 7) is 4.08. The molecular formula is C12H14N2O3S.